The molecule has 0 atom stereocenters. The van der Waals surface area contributed by atoms with E-state index in [9.17, 15) is 9.59 Å². The zero-order chi connectivity index (χ0) is 18.9. The number of likely N-dealkylation sites (tertiary alicyclic amines) is 1. The lowest BCUT2D eigenvalue weighted by Gasteiger charge is -2.21. The molecule has 3 N–H and O–H groups in total. The second-order valence-electron chi connectivity index (χ2n) is 7.11. The standard InChI is InChI=1S/C22H27N3O2/c26-21(17-25-15-9-2-1-3-10-16-25)24-20-14-8-7-13-19(20)22(27)23-18-11-5-4-6-12-18/h4-8,11-14H,1-3,9-10,15-17H2,(H,23,27)(H,24,26)/p+1. The second-order valence-corrected chi connectivity index (χ2v) is 7.11. The summed E-state index contributed by atoms with van der Waals surface area (Å²) >= 11 is 0. The fourth-order valence-electron chi connectivity index (χ4n) is 3.51. The summed E-state index contributed by atoms with van der Waals surface area (Å²) in [4.78, 5) is 26.5. The Balaban J connectivity index is 1.62. The highest BCUT2D eigenvalue weighted by Crippen LogP contribution is 2.17. The molecule has 0 spiro atoms. The minimum absolute atomic E-state index is 0.0365. The smallest absolute Gasteiger partial charge is 0.279 e. The van der Waals surface area contributed by atoms with Crippen molar-refractivity contribution in [1.29, 1.82) is 0 Å². The highest BCUT2D eigenvalue weighted by molar-refractivity contribution is 6.10. The molecule has 1 heterocycles. The number of carbonyl (C=O) groups is 2. The zero-order valence-corrected chi connectivity index (χ0v) is 15.7. The molecule has 142 valence electrons. The number of amides is 2. The molecule has 1 aliphatic heterocycles. The van der Waals surface area contributed by atoms with Crippen molar-refractivity contribution < 1.29 is 14.5 Å². The predicted octanol–water partition coefficient (Wildman–Crippen LogP) is 2.73. The lowest BCUT2D eigenvalue weighted by molar-refractivity contribution is -0.892. The molecule has 3 rings (SSSR count). The maximum absolute atomic E-state index is 12.6. The first-order valence-electron chi connectivity index (χ1n) is 9.81. The summed E-state index contributed by atoms with van der Waals surface area (Å²) in [5.41, 5.74) is 1.76. The molecule has 1 aliphatic rings. The van der Waals surface area contributed by atoms with Crippen molar-refractivity contribution in [2.45, 2.75) is 32.1 Å². The van der Waals surface area contributed by atoms with Gasteiger partial charge in [-0.15, -0.1) is 0 Å². The molecule has 0 unspecified atom stereocenters. The molecule has 0 radical (unpaired) electrons. The Morgan fingerprint density at radius 3 is 2.15 bits per heavy atom. The van der Waals surface area contributed by atoms with Crippen LogP contribution in [-0.2, 0) is 4.79 Å². The third-order valence-electron chi connectivity index (χ3n) is 4.95. The van der Waals surface area contributed by atoms with E-state index in [2.05, 4.69) is 10.6 Å². The molecule has 5 nitrogen and oxygen atoms in total. The van der Waals surface area contributed by atoms with Crippen molar-refractivity contribution in [3.05, 3.63) is 60.2 Å². The molecule has 1 fully saturated rings. The Hall–Kier alpha value is -2.66. The summed E-state index contributed by atoms with van der Waals surface area (Å²) < 4.78 is 0. The van der Waals surface area contributed by atoms with Gasteiger partial charge in [0.05, 0.1) is 24.3 Å². The van der Waals surface area contributed by atoms with E-state index in [-0.39, 0.29) is 11.8 Å². The summed E-state index contributed by atoms with van der Waals surface area (Å²) in [7, 11) is 0. The minimum atomic E-state index is -0.226. The summed E-state index contributed by atoms with van der Waals surface area (Å²) in [5.74, 6) is -0.263. The molecule has 0 bridgehead atoms. The molecule has 0 aromatic heterocycles. The number of hydrogen-bond acceptors (Lipinski definition) is 2. The Morgan fingerprint density at radius 2 is 1.41 bits per heavy atom. The first-order valence-corrected chi connectivity index (χ1v) is 9.81. The van der Waals surface area contributed by atoms with E-state index in [1.54, 1.807) is 18.2 Å². The van der Waals surface area contributed by atoms with Gasteiger partial charge in [0.15, 0.2) is 6.54 Å². The number of quaternary nitrogens is 1. The fourth-order valence-corrected chi connectivity index (χ4v) is 3.51. The molecule has 27 heavy (non-hydrogen) atoms. The van der Waals surface area contributed by atoms with Crippen LogP contribution in [0.1, 0.15) is 42.5 Å². The van der Waals surface area contributed by atoms with Crippen LogP contribution >= 0.6 is 0 Å². The first kappa shape index (κ1) is 19.1. The first-order chi connectivity index (χ1) is 13.2. The summed E-state index contributed by atoms with van der Waals surface area (Å²) in [6.45, 7) is 2.54. The van der Waals surface area contributed by atoms with E-state index >= 15 is 0 Å². The number of benzene rings is 2. The van der Waals surface area contributed by atoms with E-state index in [1.165, 1.54) is 37.0 Å². The van der Waals surface area contributed by atoms with Gasteiger partial charge in [-0.05, 0) is 49.9 Å². The SMILES string of the molecule is O=C(C[NH+]1CCCCCCC1)Nc1ccccc1C(=O)Nc1ccccc1. The Morgan fingerprint density at radius 1 is 0.778 bits per heavy atom. The Bertz CT molecular complexity index is 753. The monoisotopic (exact) mass is 366 g/mol. The van der Waals surface area contributed by atoms with Gasteiger partial charge in [0.1, 0.15) is 0 Å². The predicted molar refractivity (Wildman–Crippen MR) is 108 cm³/mol. The minimum Gasteiger partial charge on any atom is -0.327 e. The molecule has 2 amide bonds. The van der Waals surface area contributed by atoms with Gasteiger partial charge < -0.3 is 15.5 Å². The van der Waals surface area contributed by atoms with Gasteiger partial charge in [-0.1, -0.05) is 36.8 Å². The average Bonchev–Trinajstić information content (AvgIpc) is 2.65. The van der Waals surface area contributed by atoms with E-state index in [0.717, 1.165) is 18.8 Å². The fraction of sp³-hybridized carbons (Fsp3) is 0.364. The van der Waals surface area contributed by atoms with Gasteiger partial charge in [0.25, 0.3) is 11.8 Å². The van der Waals surface area contributed by atoms with E-state index < -0.39 is 0 Å². The van der Waals surface area contributed by atoms with E-state index in [1.807, 2.05) is 36.4 Å². The van der Waals surface area contributed by atoms with Crippen molar-refractivity contribution in [2.75, 3.05) is 30.3 Å². The Labute approximate surface area is 160 Å². The summed E-state index contributed by atoms with van der Waals surface area (Å²) in [6.07, 6.45) is 6.18. The van der Waals surface area contributed by atoms with Gasteiger partial charge in [-0.3, -0.25) is 9.59 Å². The molecule has 2 aromatic carbocycles. The lowest BCUT2D eigenvalue weighted by atomic mass is 10.1. The average molecular weight is 366 g/mol. The lowest BCUT2D eigenvalue weighted by Crippen LogP contribution is -3.13. The van der Waals surface area contributed by atoms with Gasteiger partial charge in [0.2, 0.25) is 0 Å². The number of para-hydroxylation sites is 2. The molecule has 5 heteroatoms. The van der Waals surface area contributed by atoms with Crippen LogP contribution in [-0.4, -0.2) is 31.4 Å². The number of anilines is 2. The number of carbonyl (C=O) groups excluding carboxylic acids is 2. The van der Waals surface area contributed by atoms with Crippen LogP contribution in [0.25, 0.3) is 0 Å². The summed E-state index contributed by atoms with van der Waals surface area (Å²) in [6, 6.07) is 16.5. The zero-order valence-electron chi connectivity index (χ0n) is 15.7. The second kappa shape index (κ2) is 9.88. The number of rotatable bonds is 5. The van der Waals surface area contributed by atoms with Crippen LogP contribution in [0.5, 0.6) is 0 Å². The molecular weight excluding hydrogens is 338 g/mol. The largest absolute Gasteiger partial charge is 0.327 e. The van der Waals surface area contributed by atoms with Crippen LogP contribution in [0.4, 0.5) is 11.4 Å². The van der Waals surface area contributed by atoms with Crippen LogP contribution in [0.2, 0.25) is 0 Å². The molecule has 0 saturated carbocycles. The highest BCUT2D eigenvalue weighted by Gasteiger charge is 2.18. The topological polar surface area (TPSA) is 62.6 Å². The van der Waals surface area contributed by atoms with Crippen molar-refractivity contribution in [1.82, 2.24) is 0 Å². The molecule has 1 saturated heterocycles. The summed E-state index contributed by atoms with van der Waals surface area (Å²) in [5, 5.41) is 5.81. The van der Waals surface area contributed by atoms with Crippen LogP contribution in [0.15, 0.2) is 54.6 Å². The van der Waals surface area contributed by atoms with Crippen molar-refractivity contribution in [3.8, 4) is 0 Å². The van der Waals surface area contributed by atoms with E-state index in [0.29, 0.717) is 17.8 Å². The van der Waals surface area contributed by atoms with Crippen molar-refractivity contribution >= 4 is 23.2 Å². The number of hydrogen-bond donors (Lipinski definition) is 3. The quantitative estimate of drug-likeness (QED) is 0.762. The van der Waals surface area contributed by atoms with Crippen LogP contribution in [0, 0.1) is 0 Å². The van der Waals surface area contributed by atoms with Gasteiger partial charge >= 0.3 is 0 Å². The Kier molecular flexibility index (Phi) is 6.99. The van der Waals surface area contributed by atoms with Crippen molar-refractivity contribution in [3.63, 3.8) is 0 Å². The molecule has 2 aromatic rings. The van der Waals surface area contributed by atoms with Gasteiger partial charge in [-0.2, -0.15) is 0 Å². The molecular formula is C22H28N3O2+. The third kappa shape index (κ3) is 5.93. The highest BCUT2D eigenvalue weighted by atomic mass is 16.2. The van der Waals surface area contributed by atoms with E-state index in [4.69, 9.17) is 0 Å². The molecule has 0 aliphatic carbocycles. The maximum atomic E-state index is 12.6. The normalized spacial score (nSPS) is 15.4. The van der Waals surface area contributed by atoms with Crippen LogP contribution in [0.3, 0.4) is 0 Å². The van der Waals surface area contributed by atoms with Gasteiger partial charge in [0, 0.05) is 5.69 Å². The number of nitrogens with one attached hydrogen (secondary N) is 3. The third-order valence-corrected chi connectivity index (χ3v) is 4.95. The maximum Gasteiger partial charge on any atom is 0.279 e. The van der Waals surface area contributed by atoms with Gasteiger partial charge in [-0.25, -0.2) is 0 Å². The van der Waals surface area contributed by atoms with Crippen LogP contribution < -0.4 is 15.5 Å². The van der Waals surface area contributed by atoms with Crippen molar-refractivity contribution in [2.24, 2.45) is 0 Å².